The Morgan fingerprint density at radius 1 is 0.909 bits per heavy atom. The van der Waals surface area contributed by atoms with E-state index in [0.29, 0.717) is 11.3 Å². The van der Waals surface area contributed by atoms with Gasteiger partial charge in [0.2, 0.25) is 0 Å². The molecule has 172 valence electrons. The van der Waals surface area contributed by atoms with Gasteiger partial charge in [0.05, 0.1) is 24.5 Å². The van der Waals surface area contributed by atoms with Crippen LogP contribution in [0.25, 0.3) is 0 Å². The molecule has 0 bridgehead atoms. The first-order valence-corrected chi connectivity index (χ1v) is 11.8. The van der Waals surface area contributed by atoms with Crippen molar-refractivity contribution in [1.82, 2.24) is 5.32 Å². The molecule has 0 saturated carbocycles. The van der Waals surface area contributed by atoms with E-state index in [0.717, 1.165) is 16.7 Å². The highest BCUT2D eigenvalue weighted by atomic mass is 32.2. The van der Waals surface area contributed by atoms with Gasteiger partial charge in [-0.1, -0.05) is 36.4 Å². The molecule has 0 spiro atoms. The molecule has 3 aromatic carbocycles. The number of esters is 1. The lowest BCUT2D eigenvalue weighted by Gasteiger charge is -2.18. The van der Waals surface area contributed by atoms with Crippen LogP contribution in [0.2, 0.25) is 0 Å². The van der Waals surface area contributed by atoms with Crippen LogP contribution in [0.1, 0.15) is 39.5 Å². The van der Waals surface area contributed by atoms with Gasteiger partial charge in [-0.05, 0) is 66.9 Å². The van der Waals surface area contributed by atoms with Crippen molar-refractivity contribution in [2.45, 2.75) is 31.2 Å². The molecule has 0 aliphatic heterocycles. The van der Waals surface area contributed by atoms with Crippen LogP contribution in [0.5, 0.6) is 0 Å². The summed E-state index contributed by atoms with van der Waals surface area (Å²) in [6.45, 7) is 3.77. The topological polar surface area (TPSA) is 102 Å². The lowest BCUT2D eigenvalue weighted by atomic mass is 10.0. The summed E-state index contributed by atoms with van der Waals surface area (Å²) < 4.78 is 32.6. The molecule has 0 aliphatic carbocycles. The maximum atomic E-state index is 12.8. The summed E-state index contributed by atoms with van der Waals surface area (Å²) in [6.07, 6.45) is -0.0138. The fraction of sp³-hybridized carbons (Fsp3) is 0.200. The summed E-state index contributed by atoms with van der Waals surface area (Å²) in [4.78, 5) is 24.8. The predicted octanol–water partition coefficient (Wildman–Crippen LogP) is 4.14. The molecular formula is C25H26N2O5S. The summed E-state index contributed by atoms with van der Waals surface area (Å²) in [6, 6.07) is 19.6. The number of anilines is 1. The highest BCUT2D eigenvalue weighted by molar-refractivity contribution is 7.92. The predicted molar refractivity (Wildman–Crippen MR) is 126 cm³/mol. The Morgan fingerprint density at radius 3 is 2.18 bits per heavy atom. The van der Waals surface area contributed by atoms with E-state index >= 15 is 0 Å². The first kappa shape index (κ1) is 24.0. The molecule has 1 unspecified atom stereocenters. The number of nitrogens with one attached hydrogen (secondary N) is 2. The third-order valence-electron chi connectivity index (χ3n) is 5.29. The molecule has 0 aromatic heterocycles. The standard InChI is InChI=1S/C25H26N2O5S/c1-17-9-14-22(15-18(17)2)33(30,31)27-21-12-10-20(11-13-21)25(29)26-23(16-24(28)32-3)19-7-5-4-6-8-19/h4-15,23,27H,16H2,1-3H3,(H,26,29). The van der Waals surface area contributed by atoms with E-state index in [1.807, 2.05) is 44.2 Å². The van der Waals surface area contributed by atoms with Gasteiger partial charge < -0.3 is 10.1 Å². The van der Waals surface area contributed by atoms with Crippen LogP contribution < -0.4 is 10.0 Å². The molecule has 0 heterocycles. The van der Waals surface area contributed by atoms with Crippen molar-refractivity contribution in [2.75, 3.05) is 11.8 Å². The minimum Gasteiger partial charge on any atom is -0.469 e. The second-order valence-electron chi connectivity index (χ2n) is 7.65. The third kappa shape index (κ3) is 6.20. The Balaban J connectivity index is 1.73. The summed E-state index contributed by atoms with van der Waals surface area (Å²) in [7, 11) is -2.46. The molecule has 1 amide bonds. The number of hydrogen-bond acceptors (Lipinski definition) is 5. The summed E-state index contributed by atoms with van der Waals surface area (Å²) in [5.41, 5.74) is 3.32. The molecule has 0 radical (unpaired) electrons. The monoisotopic (exact) mass is 466 g/mol. The van der Waals surface area contributed by atoms with Gasteiger partial charge in [0.1, 0.15) is 0 Å². The molecule has 7 nitrogen and oxygen atoms in total. The first-order chi connectivity index (χ1) is 15.7. The molecule has 3 aromatic rings. The molecule has 0 aliphatic rings. The Hall–Kier alpha value is -3.65. The maximum Gasteiger partial charge on any atom is 0.307 e. The molecule has 0 saturated heterocycles. The average molecular weight is 467 g/mol. The molecule has 8 heteroatoms. The number of amides is 1. The van der Waals surface area contributed by atoms with E-state index in [2.05, 4.69) is 10.0 Å². The van der Waals surface area contributed by atoms with Crippen LogP contribution >= 0.6 is 0 Å². The van der Waals surface area contributed by atoms with Crippen molar-refractivity contribution >= 4 is 27.6 Å². The van der Waals surface area contributed by atoms with Crippen LogP contribution in [0.3, 0.4) is 0 Å². The number of sulfonamides is 1. The van der Waals surface area contributed by atoms with Crippen LogP contribution in [0.4, 0.5) is 5.69 Å². The smallest absolute Gasteiger partial charge is 0.307 e. The highest BCUT2D eigenvalue weighted by Crippen LogP contribution is 2.21. The molecule has 33 heavy (non-hydrogen) atoms. The number of hydrogen-bond donors (Lipinski definition) is 2. The fourth-order valence-electron chi connectivity index (χ4n) is 3.21. The summed E-state index contributed by atoms with van der Waals surface area (Å²) in [5, 5.41) is 2.84. The molecule has 0 fully saturated rings. The number of rotatable bonds is 8. The Morgan fingerprint density at radius 2 is 1.58 bits per heavy atom. The van der Waals surface area contributed by atoms with Crippen molar-refractivity contribution in [1.29, 1.82) is 0 Å². The van der Waals surface area contributed by atoms with Gasteiger partial charge in [0.25, 0.3) is 15.9 Å². The van der Waals surface area contributed by atoms with Crippen molar-refractivity contribution in [3.05, 3.63) is 95.1 Å². The molecule has 3 rings (SSSR count). The Kier molecular flexibility index (Phi) is 7.50. The van der Waals surface area contributed by atoms with Gasteiger partial charge in [-0.3, -0.25) is 14.3 Å². The minimum absolute atomic E-state index is 0.0138. The van der Waals surface area contributed by atoms with Crippen LogP contribution in [0.15, 0.2) is 77.7 Å². The lowest BCUT2D eigenvalue weighted by molar-refractivity contribution is -0.141. The SMILES string of the molecule is COC(=O)CC(NC(=O)c1ccc(NS(=O)(=O)c2ccc(C)c(C)c2)cc1)c1ccccc1. The highest BCUT2D eigenvalue weighted by Gasteiger charge is 2.20. The van der Waals surface area contributed by atoms with E-state index in [4.69, 9.17) is 4.74 Å². The number of methoxy groups -OCH3 is 1. The van der Waals surface area contributed by atoms with Crippen LogP contribution in [-0.2, 0) is 19.6 Å². The second kappa shape index (κ2) is 10.3. The van der Waals surface area contributed by atoms with Crippen molar-refractivity contribution in [3.63, 3.8) is 0 Å². The van der Waals surface area contributed by atoms with E-state index < -0.39 is 27.9 Å². The van der Waals surface area contributed by atoms with Crippen LogP contribution in [-0.4, -0.2) is 27.4 Å². The molecule has 2 N–H and O–H groups in total. The molecule has 1 atom stereocenters. The van der Waals surface area contributed by atoms with E-state index in [1.165, 1.54) is 31.4 Å². The zero-order valence-electron chi connectivity index (χ0n) is 18.7. The Bertz CT molecular complexity index is 1240. The number of carbonyl (C=O) groups is 2. The normalized spacial score (nSPS) is 12.0. The van der Waals surface area contributed by atoms with E-state index in [9.17, 15) is 18.0 Å². The second-order valence-corrected chi connectivity index (χ2v) is 9.33. The zero-order valence-corrected chi connectivity index (χ0v) is 19.5. The average Bonchev–Trinajstić information content (AvgIpc) is 2.81. The lowest BCUT2D eigenvalue weighted by Crippen LogP contribution is -2.30. The minimum atomic E-state index is -3.76. The van der Waals surface area contributed by atoms with Gasteiger partial charge in [0.15, 0.2) is 0 Å². The van der Waals surface area contributed by atoms with Crippen LogP contribution in [0, 0.1) is 13.8 Å². The van der Waals surface area contributed by atoms with Gasteiger partial charge in [-0.25, -0.2) is 8.42 Å². The third-order valence-corrected chi connectivity index (χ3v) is 6.67. The van der Waals surface area contributed by atoms with Gasteiger partial charge >= 0.3 is 5.97 Å². The number of ether oxygens (including phenoxy) is 1. The summed E-state index contributed by atoms with van der Waals surface area (Å²) >= 11 is 0. The van der Waals surface area contributed by atoms with Crippen molar-refractivity contribution in [2.24, 2.45) is 0 Å². The first-order valence-electron chi connectivity index (χ1n) is 10.3. The van der Waals surface area contributed by atoms with Crippen molar-refractivity contribution < 1.29 is 22.7 Å². The maximum absolute atomic E-state index is 12.8. The van der Waals surface area contributed by atoms with Gasteiger partial charge in [-0.15, -0.1) is 0 Å². The van der Waals surface area contributed by atoms with Gasteiger partial charge in [-0.2, -0.15) is 0 Å². The van der Waals surface area contributed by atoms with E-state index in [-0.39, 0.29) is 11.3 Å². The number of benzene rings is 3. The van der Waals surface area contributed by atoms with Gasteiger partial charge in [0, 0.05) is 11.3 Å². The Labute approximate surface area is 193 Å². The quantitative estimate of drug-likeness (QED) is 0.486. The number of aryl methyl sites for hydroxylation is 2. The zero-order chi connectivity index (χ0) is 24.0. The number of carbonyl (C=O) groups excluding carboxylic acids is 2. The van der Waals surface area contributed by atoms with Crippen molar-refractivity contribution in [3.8, 4) is 0 Å². The van der Waals surface area contributed by atoms with E-state index in [1.54, 1.807) is 18.2 Å². The summed E-state index contributed by atoms with van der Waals surface area (Å²) in [5.74, 6) is -0.837. The fourth-order valence-corrected chi connectivity index (χ4v) is 4.36. The largest absolute Gasteiger partial charge is 0.469 e. The molecular weight excluding hydrogens is 440 g/mol.